The molecule has 1 amide bonds. The third-order valence-corrected chi connectivity index (χ3v) is 3.75. The lowest BCUT2D eigenvalue weighted by molar-refractivity contribution is -0.0445. The predicted octanol–water partition coefficient (Wildman–Crippen LogP) is 1.82. The van der Waals surface area contributed by atoms with Gasteiger partial charge in [-0.1, -0.05) is 20.8 Å². The molecule has 0 aromatic carbocycles. The minimum atomic E-state index is -0.126. The Hall–Kier alpha value is -1.69. The van der Waals surface area contributed by atoms with Gasteiger partial charge in [-0.2, -0.15) is 0 Å². The van der Waals surface area contributed by atoms with Crippen LogP contribution in [0, 0.1) is 0 Å². The summed E-state index contributed by atoms with van der Waals surface area (Å²) in [6, 6.07) is 0.0746. The van der Waals surface area contributed by atoms with Gasteiger partial charge in [0.05, 0.1) is 30.6 Å². The van der Waals surface area contributed by atoms with Crippen LogP contribution in [0.2, 0.25) is 0 Å². The molecule has 0 spiro atoms. The molecule has 1 saturated heterocycles. The fourth-order valence-electron chi connectivity index (χ4n) is 2.42. The first-order valence-electron chi connectivity index (χ1n) is 7.49. The van der Waals surface area contributed by atoms with Crippen molar-refractivity contribution >= 4 is 11.6 Å². The number of hydrogen-bond acceptors (Lipinski definition) is 5. The van der Waals surface area contributed by atoms with Crippen molar-refractivity contribution in [3.05, 3.63) is 17.7 Å². The smallest absolute Gasteiger partial charge is 0.275 e. The van der Waals surface area contributed by atoms with E-state index in [1.165, 1.54) is 6.20 Å². The maximum absolute atomic E-state index is 12.8. The molecule has 0 radical (unpaired) electrons. The topological polar surface area (TPSA) is 81.3 Å². The molecule has 1 aromatic rings. The van der Waals surface area contributed by atoms with Crippen LogP contribution in [0.25, 0.3) is 0 Å². The van der Waals surface area contributed by atoms with Gasteiger partial charge in [0.2, 0.25) is 0 Å². The molecule has 1 aliphatic rings. The van der Waals surface area contributed by atoms with Crippen LogP contribution in [0.1, 0.15) is 56.3 Å². The van der Waals surface area contributed by atoms with E-state index in [2.05, 4.69) is 9.97 Å². The molecule has 2 unspecified atom stereocenters. The van der Waals surface area contributed by atoms with Gasteiger partial charge in [-0.3, -0.25) is 4.79 Å². The fourth-order valence-corrected chi connectivity index (χ4v) is 2.42. The van der Waals surface area contributed by atoms with Crippen LogP contribution < -0.4 is 5.73 Å². The van der Waals surface area contributed by atoms with E-state index in [0.717, 1.165) is 6.42 Å². The average molecular weight is 292 g/mol. The van der Waals surface area contributed by atoms with Crippen molar-refractivity contribution in [3.8, 4) is 0 Å². The van der Waals surface area contributed by atoms with Crippen LogP contribution >= 0.6 is 0 Å². The second kappa shape index (κ2) is 6.39. The maximum Gasteiger partial charge on any atom is 0.275 e. The number of aromatic nitrogens is 2. The van der Waals surface area contributed by atoms with E-state index in [0.29, 0.717) is 30.4 Å². The zero-order chi connectivity index (χ0) is 15.6. The zero-order valence-corrected chi connectivity index (χ0v) is 13.2. The number of morpholine rings is 1. The molecule has 116 valence electrons. The molecular formula is C15H24N4O2. The number of hydrogen-bond donors (Lipinski definition) is 1. The fraction of sp³-hybridized carbons (Fsp3) is 0.667. The van der Waals surface area contributed by atoms with Crippen LogP contribution in [-0.2, 0) is 4.74 Å². The first-order chi connectivity index (χ1) is 9.93. The van der Waals surface area contributed by atoms with Crippen molar-refractivity contribution in [2.75, 3.05) is 18.9 Å². The number of anilines is 1. The molecule has 6 heteroatoms. The minimum absolute atomic E-state index is 0.0318. The Kier molecular flexibility index (Phi) is 4.77. The van der Waals surface area contributed by atoms with Crippen LogP contribution in [0.5, 0.6) is 0 Å². The molecule has 2 N–H and O–H groups in total. The molecule has 6 nitrogen and oxygen atoms in total. The van der Waals surface area contributed by atoms with E-state index < -0.39 is 0 Å². The van der Waals surface area contributed by atoms with Crippen LogP contribution in [0.3, 0.4) is 0 Å². The van der Waals surface area contributed by atoms with E-state index in [1.807, 2.05) is 32.6 Å². The number of carbonyl (C=O) groups excluding carboxylic acids is 1. The maximum atomic E-state index is 12.8. The highest BCUT2D eigenvalue weighted by molar-refractivity contribution is 5.97. The summed E-state index contributed by atoms with van der Waals surface area (Å²) in [6.45, 7) is 9.13. The predicted molar refractivity (Wildman–Crippen MR) is 81.1 cm³/mol. The zero-order valence-electron chi connectivity index (χ0n) is 13.2. The highest BCUT2D eigenvalue weighted by Gasteiger charge is 2.31. The molecule has 2 heterocycles. The van der Waals surface area contributed by atoms with Crippen molar-refractivity contribution in [1.82, 2.24) is 14.9 Å². The standard InChI is InChI=1S/C15H24N4O2/c1-5-11-8-21-10(4)7-19(11)15(20)13-12(16)6-17-14(18-13)9(2)3/h6,9-11H,5,7-8,16H2,1-4H3. The Morgan fingerprint density at radius 3 is 2.90 bits per heavy atom. The molecule has 2 atom stereocenters. The summed E-state index contributed by atoms with van der Waals surface area (Å²) in [4.78, 5) is 23.2. The molecule has 0 bridgehead atoms. The molecule has 0 saturated carbocycles. The number of amides is 1. The summed E-state index contributed by atoms with van der Waals surface area (Å²) in [5, 5.41) is 0. The molecule has 2 rings (SSSR count). The lowest BCUT2D eigenvalue weighted by atomic mass is 10.1. The highest BCUT2D eigenvalue weighted by Crippen LogP contribution is 2.20. The molecule has 21 heavy (non-hydrogen) atoms. The third kappa shape index (κ3) is 3.32. The molecule has 1 aromatic heterocycles. The second-order valence-corrected chi connectivity index (χ2v) is 5.85. The van der Waals surface area contributed by atoms with Crippen molar-refractivity contribution in [1.29, 1.82) is 0 Å². The van der Waals surface area contributed by atoms with Crippen LogP contribution in [-0.4, -0.2) is 46.1 Å². The monoisotopic (exact) mass is 292 g/mol. The van der Waals surface area contributed by atoms with E-state index in [-0.39, 0.29) is 24.0 Å². The Labute approximate surface area is 125 Å². The van der Waals surface area contributed by atoms with E-state index in [9.17, 15) is 4.79 Å². The van der Waals surface area contributed by atoms with Gasteiger partial charge in [-0.15, -0.1) is 0 Å². The summed E-state index contributed by atoms with van der Waals surface area (Å²) in [5.41, 5.74) is 6.55. The summed E-state index contributed by atoms with van der Waals surface area (Å²) < 4.78 is 5.63. The lowest BCUT2D eigenvalue weighted by Crippen LogP contribution is -2.51. The SMILES string of the molecule is CCC1COC(C)CN1C(=O)c1nc(C(C)C)ncc1N. The van der Waals surface area contributed by atoms with Crippen molar-refractivity contribution < 1.29 is 9.53 Å². The van der Waals surface area contributed by atoms with Crippen molar-refractivity contribution in [2.45, 2.75) is 52.2 Å². The van der Waals surface area contributed by atoms with Gasteiger partial charge in [0, 0.05) is 12.5 Å². The summed E-state index contributed by atoms with van der Waals surface area (Å²) in [6.07, 6.45) is 2.41. The van der Waals surface area contributed by atoms with Crippen LogP contribution in [0.4, 0.5) is 5.69 Å². The van der Waals surface area contributed by atoms with Crippen LogP contribution in [0.15, 0.2) is 6.20 Å². The minimum Gasteiger partial charge on any atom is -0.396 e. The normalized spacial score (nSPS) is 22.6. The van der Waals surface area contributed by atoms with E-state index >= 15 is 0 Å². The molecule has 1 fully saturated rings. The number of nitrogens with two attached hydrogens (primary N) is 1. The molecule has 1 aliphatic heterocycles. The van der Waals surface area contributed by atoms with Crippen molar-refractivity contribution in [3.63, 3.8) is 0 Å². The first-order valence-corrected chi connectivity index (χ1v) is 7.49. The number of rotatable bonds is 3. The average Bonchev–Trinajstić information content (AvgIpc) is 2.46. The van der Waals surface area contributed by atoms with Crippen molar-refractivity contribution in [2.24, 2.45) is 0 Å². The Balaban J connectivity index is 2.31. The second-order valence-electron chi connectivity index (χ2n) is 5.85. The number of nitrogens with zero attached hydrogens (tertiary/aromatic N) is 3. The summed E-state index contributed by atoms with van der Waals surface area (Å²) in [7, 11) is 0. The third-order valence-electron chi connectivity index (χ3n) is 3.75. The van der Waals surface area contributed by atoms with Gasteiger partial charge < -0.3 is 15.4 Å². The lowest BCUT2D eigenvalue weighted by Gasteiger charge is -2.38. The largest absolute Gasteiger partial charge is 0.396 e. The Bertz CT molecular complexity index is 518. The van der Waals surface area contributed by atoms with Gasteiger partial charge in [-0.05, 0) is 13.3 Å². The van der Waals surface area contributed by atoms with E-state index in [4.69, 9.17) is 10.5 Å². The van der Waals surface area contributed by atoms with Gasteiger partial charge in [0.15, 0.2) is 5.69 Å². The van der Waals surface area contributed by atoms with Gasteiger partial charge in [0.25, 0.3) is 5.91 Å². The van der Waals surface area contributed by atoms with Gasteiger partial charge in [-0.25, -0.2) is 9.97 Å². The number of ether oxygens (including phenoxy) is 1. The number of nitrogen functional groups attached to an aromatic ring is 1. The van der Waals surface area contributed by atoms with E-state index in [1.54, 1.807) is 0 Å². The number of carbonyl (C=O) groups is 1. The Morgan fingerprint density at radius 1 is 1.57 bits per heavy atom. The molecular weight excluding hydrogens is 268 g/mol. The van der Waals surface area contributed by atoms with Gasteiger partial charge in [0.1, 0.15) is 5.82 Å². The summed E-state index contributed by atoms with van der Waals surface area (Å²) in [5.74, 6) is 0.670. The Morgan fingerprint density at radius 2 is 2.29 bits per heavy atom. The highest BCUT2D eigenvalue weighted by atomic mass is 16.5. The first kappa shape index (κ1) is 15.7. The quantitative estimate of drug-likeness (QED) is 0.919. The summed E-state index contributed by atoms with van der Waals surface area (Å²) >= 11 is 0. The van der Waals surface area contributed by atoms with Gasteiger partial charge >= 0.3 is 0 Å². The molecule has 0 aliphatic carbocycles.